The van der Waals surface area contributed by atoms with Crippen molar-refractivity contribution in [1.29, 1.82) is 0 Å². The van der Waals surface area contributed by atoms with Crippen LogP contribution in [0, 0.1) is 0 Å². The Morgan fingerprint density at radius 1 is 1.06 bits per heavy atom. The number of anilines is 1. The lowest BCUT2D eigenvalue weighted by atomic mass is 9.94. The van der Waals surface area contributed by atoms with E-state index < -0.39 is 12.0 Å². The van der Waals surface area contributed by atoms with Crippen LogP contribution in [0.15, 0.2) is 53.7 Å². The number of para-hydroxylation sites is 2. The third-order valence-electron chi connectivity index (χ3n) is 5.62. The molecule has 8 heteroatoms. The van der Waals surface area contributed by atoms with Crippen molar-refractivity contribution in [2.24, 2.45) is 0 Å². The smallest absolute Gasteiger partial charge is 0.338 e. The third kappa shape index (κ3) is 4.59. The molecule has 0 radical (unpaired) electrons. The molecular weight excluding hydrogens is 434 g/mol. The molecule has 4 rings (SSSR count). The van der Waals surface area contributed by atoms with Crippen LogP contribution in [0.4, 0.5) is 5.95 Å². The zero-order chi connectivity index (χ0) is 24.1. The van der Waals surface area contributed by atoms with Crippen LogP contribution >= 0.6 is 0 Å². The summed E-state index contributed by atoms with van der Waals surface area (Å²) in [5.41, 5.74) is 3.82. The molecule has 3 aromatic rings. The second kappa shape index (κ2) is 10.6. The number of imidazole rings is 1. The van der Waals surface area contributed by atoms with E-state index in [9.17, 15) is 4.79 Å². The Labute approximate surface area is 199 Å². The summed E-state index contributed by atoms with van der Waals surface area (Å²) in [7, 11) is 1.57. The summed E-state index contributed by atoms with van der Waals surface area (Å²) in [5, 5.41) is 3.29. The molecule has 2 heterocycles. The summed E-state index contributed by atoms with van der Waals surface area (Å²) in [6, 6.07) is 13.2. The number of fused-ring (bicyclic) bond motifs is 3. The van der Waals surface area contributed by atoms with Crippen molar-refractivity contribution in [3.63, 3.8) is 0 Å². The van der Waals surface area contributed by atoms with E-state index in [1.165, 1.54) is 0 Å². The number of carbonyl (C=O) groups is 1. The van der Waals surface area contributed by atoms with Gasteiger partial charge in [0.1, 0.15) is 6.61 Å². The van der Waals surface area contributed by atoms with Crippen LogP contribution in [0.2, 0.25) is 0 Å². The Bertz CT molecular complexity index is 1200. The summed E-state index contributed by atoms with van der Waals surface area (Å²) in [6.07, 6.45) is 0.894. The second-order valence-electron chi connectivity index (χ2n) is 7.98. The zero-order valence-corrected chi connectivity index (χ0v) is 20.1. The van der Waals surface area contributed by atoms with Crippen LogP contribution in [0.1, 0.15) is 38.8 Å². The molecule has 0 saturated heterocycles. The highest BCUT2D eigenvalue weighted by molar-refractivity contribution is 5.94. The van der Waals surface area contributed by atoms with Gasteiger partial charge in [0.25, 0.3) is 0 Å². The van der Waals surface area contributed by atoms with Gasteiger partial charge in [-0.3, -0.25) is 4.57 Å². The van der Waals surface area contributed by atoms with E-state index in [2.05, 4.69) is 12.2 Å². The first kappa shape index (κ1) is 23.6. The number of aromatic nitrogens is 2. The monoisotopic (exact) mass is 465 g/mol. The third-order valence-corrected chi connectivity index (χ3v) is 5.62. The van der Waals surface area contributed by atoms with Crippen LogP contribution in [0.5, 0.6) is 11.5 Å². The molecule has 1 N–H and O–H groups in total. The summed E-state index contributed by atoms with van der Waals surface area (Å²) >= 11 is 0. The van der Waals surface area contributed by atoms with Crippen molar-refractivity contribution in [1.82, 2.24) is 9.55 Å². The Balaban J connectivity index is 1.85. The first-order chi connectivity index (χ1) is 16.6. The summed E-state index contributed by atoms with van der Waals surface area (Å²) in [6.45, 7) is 7.45. The minimum absolute atomic E-state index is 0.171. The molecule has 0 amide bonds. The van der Waals surface area contributed by atoms with Crippen molar-refractivity contribution in [2.75, 3.05) is 38.9 Å². The van der Waals surface area contributed by atoms with Crippen molar-refractivity contribution >= 4 is 23.0 Å². The van der Waals surface area contributed by atoms with E-state index in [-0.39, 0.29) is 6.61 Å². The minimum atomic E-state index is -0.460. The maximum atomic E-state index is 13.3. The number of benzene rings is 2. The number of nitrogens with zero attached hydrogens (tertiary/aromatic N) is 2. The molecule has 34 heavy (non-hydrogen) atoms. The normalized spacial score (nSPS) is 15.1. The number of esters is 1. The Hall–Kier alpha value is -3.52. The number of methoxy groups -OCH3 is 1. The largest absolute Gasteiger partial charge is 0.490 e. The Kier molecular flexibility index (Phi) is 7.37. The van der Waals surface area contributed by atoms with Gasteiger partial charge in [-0.15, -0.1) is 0 Å². The van der Waals surface area contributed by atoms with Gasteiger partial charge in [0.2, 0.25) is 5.95 Å². The molecule has 0 fully saturated rings. The molecule has 1 aromatic heterocycles. The predicted molar refractivity (Wildman–Crippen MR) is 130 cm³/mol. The molecule has 0 unspecified atom stereocenters. The van der Waals surface area contributed by atoms with Crippen LogP contribution < -0.4 is 14.8 Å². The molecule has 1 aliphatic heterocycles. The highest BCUT2D eigenvalue weighted by atomic mass is 16.6. The maximum absolute atomic E-state index is 13.3. The summed E-state index contributed by atoms with van der Waals surface area (Å²) in [4.78, 5) is 18.0. The quantitative estimate of drug-likeness (QED) is 0.343. The zero-order valence-electron chi connectivity index (χ0n) is 20.1. The van der Waals surface area contributed by atoms with Crippen molar-refractivity contribution in [3.8, 4) is 11.5 Å². The molecule has 0 aliphatic carbocycles. The van der Waals surface area contributed by atoms with Gasteiger partial charge in [0.15, 0.2) is 11.5 Å². The first-order valence-corrected chi connectivity index (χ1v) is 11.6. The average Bonchev–Trinajstić information content (AvgIpc) is 3.20. The number of allylic oxidation sites excluding steroid dienone is 1. The van der Waals surface area contributed by atoms with E-state index in [0.29, 0.717) is 48.5 Å². The van der Waals surface area contributed by atoms with E-state index in [1.54, 1.807) is 7.11 Å². The topological polar surface area (TPSA) is 83.8 Å². The van der Waals surface area contributed by atoms with Crippen LogP contribution in [0.25, 0.3) is 11.0 Å². The second-order valence-corrected chi connectivity index (χ2v) is 7.98. The fraction of sp³-hybridized carbons (Fsp3) is 0.385. The molecule has 8 nitrogen and oxygen atoms in total. The molecule has 0 bridgehead atoms. The number of rotatable bonds is 10. The minimum Gasteiger partial charge on any atom is -0.490 e. The average molecular weight is 466 g/mol. The maximum Gasteiger partial charge on any atom is 0.338 e. The number of nitrogens with one attached hydrogen (secondary N) is 1. The lowest BCUT2D eigenvalue weighted by Gasteiger charge is -2.30. The van der Waals surface area contributed by atoms with Gasteiger partial charge in [0.05, 0.1) is 42.5 Å². The fourth-order valence-electron chi connectivity index (χ4n) is 4.13. The SMILES string of the molecule is CCCOc1ccc([C@@H]2C(C(=O)OCCOC)=C(C)Nc3nc4ccccc4n32)cc1OCC. The molecule has 0 spiro atoms. The van der Waals surface area contributed by atoms with Crippen molar-refractivity contribution < 1.29 is 23.7 Å². The molecule has 180 valence electrons. The fourth-order valence-corrected chi connectivity index (χ4v) is 4.13. The lowest BCUT2D eigenvalue weighted by molar-refractivity contribution is -0.140. The number of carbonyl (C=O) groups excluding carboxylic acids is 1. The van der Waals surface area contributed by atoms with Crippen LogP contribution in [0.3, 0.4) is 0 Å². The Morgan fingerprint density at radius 2 is 1.88 bits per heavy atom. The lowest BCUT2D eigenvalue weighted by Crippen LogP contribution is -2.29. The van der Waals surface area contributed by atoms with Gasteiger partial charge in [-0.2, -0.15) is 0 Å². The molecule has 0 saturated carbocycles. The van der Waals surface area contributed by atoms with E-state index >= 15 is 0 Å². The molecular formula is C26H31N3O5. The highest BCUT2D eigenvalue weighted by Crippen LogP contribution is 2.42. The Morgan fingerprint density at radius 3 is 2.65 bits per heavy atom. The molecule has 1 atom stereocenters. The van der Waals surface area contributed by atoms with Crippen molar-refractivity contribution in [2.45, 2.75) is 33.2 Å². The summed E-state index contributed by atoms with van der Waals surface area (Å²) in [5.74, 6) is 1.59. The standard InChI is InChI=1S/C26H31N3O5/c1-5-13-33-21-12-11-18(16-22(21)32-6-2)24-23(25(30)34-15-14-31-4)17(3)27-26-28-19-9-7-8-10-20(19)29(24)26/h7-12,16,24H,5-6,13-15H2,1-4H3,(H,27,28)/t24-/m1/s1. The van der Waals surface area contributed by atoms with E-state index in [1.807, 2.05) is 60.9 Å². The van der Waals surface area contributed by atoms with Gasteiger partial charge in [-0.05, 0) is 50.1 Å². The van der Waals surface area contributed by atoms with E-state index in [0.717, 1.165) is 23.0 Å². The van der Waals surface area contributed by atoms with Crippen LogP contribution in [-0.2, 0) is 14.3 Å². The number of hydrogen-bond acceptors (Lipinski definition) is 7. The van der Waals surface area contributed by atoms with Gasteiger partial charge >= 0.3 is 5.97 Å². The van der Waals surface area contributed by atoms with Crippen molar-refractivity contribution in [3.05, 3.63) is 59.3 Å². The van der Waals surface area contributed by atoms with Gasteiger partial charge in [-0.1, -0.05) is 25.1 Å². The highest BCUT2D eigenvalue weighted by Gasteiger charge is 2.35. The van der Waals surface area contributed by atoms with Gasteiger partial charge in [0, 0.05) is 12.8 Å². The van der Waals surface area contributed by atoms with Gasteiger partial charge < -0.3 is 24.3 Å². The number of ether oxygens (including phenoxy) is 4. The van der Waals surface area contributed by atoms with E-state index in [4.69, 9.17) is 23.9 Å². The molecule has 1 aliphatic rings. The number of hydrogen-bond donors (Lipinski definition) is 1. The molecule has 2 aromatic carbocycles. The predicted octanol–water partition coefficient (Wildman–Crippen LogP) is 4.70. The van der Waals surface area contributed by atoms with Gasteiger partial charge in [-0.25, -0.2) is 9.78 Å². The van der Waals surface area contributed by atoms with Crippen LogP contribution in [-0.4, -0.2) is 49.1 Å². The summed E-state index contributed by atoms with van der Waals surface area (Å²) < 4.78 is 24.4. The first-order valence-electron chi connectivity index (χ1n) is 11.6.